The predicted molar refractivity (Wildman–Crippen MR) is 222 cm³/mol. The lowest BCUT2D eigenvalue weighted by Gasteiger charge is -2.14. The molecule has 0 unspecified atom stereocenters. The van der Waals surface area contributed by atoms with E-state index in [9.17, 15) is 0 Å². The third kappa shape index (κ3) is 3.44. The zero-order valence-electron chi connectivity index (χ0n) is 28.5. The molecule has 1 aliphatic carbocycles. The standard InChI is InChI=1S/C50H28N2O/c1-2-13-30-29(11-1)12-9-21-41(30)51-42-20-7-5-17-38(42)49-44(51)26-24-36-39-27-40-33-16-6-8-22-46(33)53-47(40)28-45(39)52(50(36)49)43-25-23-35-32-15-4-3-14-31(32)34-18-10-19-37(43)48(34)35/h1-28H. The Kier molecular flexibility index (Phi) is 5.11. The van der Waals surface area contributed by atoms with E-state index in [1.807, 2.05) is 6.07 Å². The summed E-state index contributed by atoms with van der Waals surface area (Å²) in [5.41, 5.74) is 14.1. The summed E-state index contributed by atoms with van der Waals surface area (Å²) in [6.45, 7) is 0. The molecule has 0 saturated heterocycles. The van der Waals surface area contributed by atoms with E-state index in [1.54, 1.807) is 0 Å². The third-order valence-electron chi connectivity index (χ3n) is 11.8. The minimum Gasteiger partial charge on any atom is -0.456 e. The highest BCUT2D eigenvalue weighted by molar-refractivity contribution is 6.29. The molecule has 0 spiro atoms. The lowest BCUT2D eigenvalue weighted by Crippen LogP contribution is -1.97. The summed E-state index contributed by atoms with van der Waals surface area (Å²) in [4.78, 5) is 0. The molecule has 0 atom stereocenters. The second kappa shape index (κ2) is 9.81. The molecule has 9 aromatic carbocycles. The lowest BCUT2D eigenvalue weighted by atomic mass is 10.0. The number of para-hydroxylation sites is 2. The van der Waals surface area contributed by atoms with Gasteiger partial charge in [-0.1, -0.05) is 127 Å². The highest BCUT2D eigenvalue weighted by Crippen LogP contribution is 2.50. The molecule has 3 aromatic heterocycles. The Hall–Kier alpha value is -7.10. The maximum absolute atomic E-state index is 6.57. The molecule has 0 fully saturated rings. The van der Waals surface area contributed by atoms with Crippen LogP contribution >= 0.6 is 0 Å². The Labute approximate surface area is 303 Å². The average Bonchev–Trinajstić information content (AvgIpc) is 3.94. The minimum absolute atomic E-state index is 0.899. The van der Waals surface area contributed by atoms with E-state index in [1.165, 1.54) is 93.3 Å². The Morgan fingerprint density at radius 3 is 1.91 bits per heavy atom. The Morgan fingerprint density at radius 1 is 0.321 bits per heavy atom. The van der Waals surface area contributed by atoms with Gasteiger partial charge in [-0.05, 0) is 69.4 Å². The summed E-state index contributed by atoms with van der Waals surface area (Å²) in [5.74, 6) is 0. The highest BCUT2D eigenvalue weighted by Gasteiger charge is 2.26. The second-order valence-corrected chi connectivity index (χ2v) is 14.4. The van der Waals surface area contributed by atoms with Gasteiger partial charge in [0.1, 0.15) is 11.2 Å². The minimum atomic E-state index is 0.899. The Bertz CT molecular complexity index is 3540. The number of rotatable bonds is 2. The van der Waals surface area contributed by atoms with Crippen LogP contribution in [0.2, 0.25) is 0 Å². The van der Waals surface area contributed by atoms with Gasteiger partial charge in [0.05, 0.1) is 33.4 Å². The molecule has 1 aliphatic rings. The van der Waals surface area contributed by atoms with E-state index in [2.05, 4.69) is 173 Å². The molecule has 0 amide bonds. The Balaban J connectivity index is 1.25. The summed E-state index contributed by atoms with van der Waals surface area (Å²) in [6.07, 6.45) is 0. The first-order chi connectivity index (χ1) is 26.3. The molecule has 12 aromatic rings. The fraction of sp³-hybridized carbons (Fsp3) is 0. The van der Waals surface area contributed by atoms with E-state index >= 15 is 0 Å². The molecule has 3 nitrogen and oxygen atoms in total. The topological polar surface area (TPSA) is 23.0 Å². The molecular weight excluding hydrogens is 645 g/mol. The molecule has 3 heteroatoms. The molecule has 13 rings (SSSR count). The smallest absolute Gasteiger partial charge is 0.137 e. The third-order valence-corrected chi connectivity index (χ3v) is 11.8. The van der Waals surface area contributed by atoms with Crippen LogP contribution in [0.3, 0.4) is 0 Å². The van der Waals surface area contributed by atoms with Crippen LogP contribution in [0.5, 0.6) is 0 Å². The number of fused-ring (bicyclic) bond motifs is 14. The monoisotopic (exact) mass is 672 g/mol. The van der Waals surface area contributed by atoms with Crippen molar-refractivity contribution in [2.75, 3.05) is 0 Å². The highest BCUT2D eigenvalue weighted by atomic mass is 16.3. The van der Waals surface area contributed by atoms with Gasteiger partial charge in [-0.3, -0.25) is 0 Å². The van der Waals surface area contributed by atoms with Gasteiger partial charge in [0.25, 0.3) is 0 Å². The summed E-state index contributed by atoms with van der Waals surface area (Å²) in [6, 6.07) is 62.3. The van der Waals surface area contributed by atoms with Crippen molar-refractivity contribution in [3.05, 3.63) is 170 Å². The summed E-state index contributed by atoms with van der Waals surface area (Å²) in [5, 5.41) is 12.2. The van der Waals surface area contributed by atoms with E-state index in [-0.39, 0.29) is 0 Å². The van der Waals surface area contributed by atoms with Gasteiger partial charge >= 0.3 is 0 Å². The molecule has 3 heterocycles. The normalized spacial score (nSPS) is 12.5. The number of aromatic nitrogens is 2. The number of hydrogen-bond donors (Lipinski definition) is 0. The van der Waals surface area contributed by atoms with E-state index in [4.69, 9.17) is 4.42 Å². The van der Waals surface area contributed by atoms with Gasteiger partial charge < -0.3 is 13.6 Å². The number of hydrogen-bond acceptors (Lipinski definition) is 1. The SMILES string of the molecule is c1ccc2c(c1)-c1cccc3c(-n4c5cc6oc7ccccc7c6cc5c5ccc6c(c7ccccc7n6-c6cccc7ccccc67)c54)ccc-2c13. The molecule has 0 aliphatic heterocycles. The predicted octanol–water partition coefficient (Wildman–Crippen LogP) is 13.7. The van der Waals surface area contributed by atoms with Gasteiger partial charge in [-0.2, -0.15) is 0 Å². The van der Waals surface area contributed by atoms with Crippen molar-refractivity contribution in [3.8, 4) is 33.6 Å². The van der Waals surface area contributed by atoms with Crippen LogP contribution in [0.1, 0.15) is 0 Å². The van der Waals surface area contributed by atoms with E-state index < -0.39 is 0 Å². The van der Waals surface area contributed by atoms with Crippen molar-refractivity contribution >= 4 is 87.1 Å². The first kappa shape index (κ1) is 27.6. The zero-order chi connectivity index (χ0) is 34.4. The maximum Gasteiger partial charge on any atom is 0.137 e. The summed E-state index contributed by atoms with van der Waals surface area (Å²) in [7, 11) is 0. The molecular formula is C50H28N2O. The largest absolute Gasteiger partial charge is 0.456 e. The van der Waals surface area contributed by atoms with Crippen LogP contribution < -0.4 is 0 Å². The first-order valence-corrected chi connectivity index (χ1v) is 18.3. The summed E-state index contributed by atoms with van der Waals surface area (Å²) >= 11 is 0. The first-order valence-electron chi connectivity index (χ1n) is 18.3. The van der Waals surface area contributed by atoms with E-state index in [0.717, 1.165) is 27.5 Å². The van der Waals surface area contributed by atoms with Crippen molar-refractivity contribution in [3.63, 3.8) is 0 Å². The fourth-order valence-corrected chi connectivity index (χ4v) is 9.67. The van der Waals surface area contributed by atoms with Gasteiger partial charge in [0.15, 0.2) is 0 Å². The molecule has 0 bridgehead atoms. The van der Waals surface area contributed by atoms with Crippen LogP contribution in [0.25, 0.3) is 121 Å². The van der Waals surface area contributed by atoms with Crippen molar-refractivity contribution < 1.29 is 4.42 Å². The number of furan rings is 1. The van der Waals surface area contributed by atoms with Gasteiger partial charge in [0.2, 0.25) is 0 Å². The summed E-state index contributed by atoms with van der Waals surface area (Å²) < 4.78 is 11.6. The quantitative estimate of drug-likeness (QED) is 0.179. The van der Waals surface area contributed by atoms with Gasteiger partial charge in [-0.15, -0.1) is 0 Å². The number of benzene rings is 9. The van der Waals surface area contributed by atoms with Crippen molar-refractivity contribution in [2.24, 2.45) is 0 Å². The van der Waals surface area contributed by atoms with Gasteiger partial charge in [-0.25, -0.2) is 0 Å². The average molecular weight is 673 g/mol. The van der Waals surface area contributed by atoms with Crippen molar-refractivity contribution in [2.45, 2.75) is 0 Å². The van der Waals surface area contributed by atoms with Crippen molar-refractivity contribution in [1.29, 1.82) is 0 Å². The molecule has 244 valence electrons. The molecule has 0 N–H and O–H groups in total. The van der Waals surface area contributed by atoms with Crippen LogP contribution in [0.4, 0.5) is 0 Å². The number of nitrogens with zero attached hydrogens (tertiary/aromatic N) is 2. The zero-order valence-corrected chi connectivity index (χ0v) is 28.5. The molecule has 53 heavy (non-hydrogen) atoms. The fourth-order valence-electron chi connectivity index (χ4n) is 9.67. The second-order valence-electron chi connectivity index (χ2n) is 14.4. The molecule has 0 radical (unpaired) electrons. The molecule has 0 saturated carbocycles. The van der Waals surface area contributed by atoms with Crippen LogP contribution in [0.15, 0.2) is 174 Å². The lowest BCUT2D eigenvalue weighted by molar-refractivity contribution is 0.669. The van der Waals surface area contributed by atoms with E-state index in [0.29, 0.717) is 0 Å². The van der Waals surface area contributed by atoms with Crippen LogP contribution in [0, 0.1) is 0 Å². The maximum atomic E-state index is 6.57. The Morgan fingerprint density at radius 2 is 1.00 bits per heavy atom. The van der Waals surface area contributed by atoms with Gasteiger partial charge in [0, 0.05) is 49.2 Å². The van der Waals surface area contributed by atoms with Crippen LogP contribution in [-0.4, -0.2) is 9.13 Å². The van der Waals surface area contributed by atoms with Crippen LogP contribution in [-0.2, 0) is 0 Å². The van der Waals surface area contributed by atoms with Crippen molar-refractivity contribution in [1.82, 2.24) is 9.13 Å².